The Labute approximate surface area is 134 Å². The molecule has 0 aliphatic heterocycles. The van der Waals surface area contributed by atoms with Gasteiger partial charge in [0, 0.05) is 23.1 Å². The third kappa shape index (κ3) is 2.23. The lowest BCUT2D eigenvalue weighted by Gasteiger charge is -2.15. The Kier molecular flexibility index (Phi) is 3.20. The van der Waals surface area contributed by atoms with Gasteiger partial charge in [-0.3, -0.25) is 9.69 Å². The normalized spacial score (nSPS) is 12.5. The Bertz CT molecular complexity index is 956. The number of aromatic nitrogens is 1. The van der Waals surface area contributed by atoms with E-state index in [1.54, 1.807) is 0 Å². The van der Waals surface area contributed by atoms with Crippen molar-refractivity contribution in [1.82, 2.24) is 9.88 Å². The van der Waals surface area contributed by atoms with Crippen LogP contribution in [0.25, 0.3) is 22.0 Å². The molecule has 0 atom stereocenters. The zero-order valence-electron chi connectivity index (χ0n) is 13.3. The van der Waals surface area contributed by atoms with Gasteiger partial charge in [0.05, 0.1) is 12.4 Å². The Morgan fingerprint density at radius 3 is 2.61 bits per heavy atom. The molecule has 1 aliphatic rings. The smallest absolute Gasteiger partial charge is 0.256 e. The minimum Gasteiger partial charge on any atom is -0.372 e. The maximum atomic E-state index is 12.4. The number of pyridine rings is 1. The van der Waals surface area contributed by atoms with E-state index in [9.17, 15) is 4.79 Å². The summed E-state index contributed by atoms with van der Waals surface area (Å²) in [7, 11) is 4.08. The van der Waals surface area contributed by atoms with Crippen molar-refractivity contribution in [3.05, 3.63) is 63.9 Å². The molecule has 3 aromatic rings. The van der Waals surface area contributed by atoms with Crippen LogP contribution in [0.5, 0.6) is 0 Å². The Morgan fingerprint density at radius 2 is 1.83 bits per heavy atom. The molecule has 0 unspecified atom stereocenters. The number of anilines is 1. The van der Waals surface area contributed by atoms with Gasteiger partial charge in [0.25, 0.3) is 5.56 Å². The van der Waals surface area contributed by atoms with Gasteiger partial charge < -0.3 is 10.3 Å². The molecule has 2 aromatic carbocycles. The summed E-state index contributed by atoms with van der Waals surface area (Å²) in [4.78, 5) is 17.6. The molecule has 1 heterocycles. The van der Waals surface area contributed by atoms with Crippen molar-refractivity contribution < 1.29 is 0 Å². The molecule has 0 radical (unpaired) electrons. The lowest BCUT2D eigenvalue weighted by atomic mass is 10.0. The van der Waals surface area contributed by atoms with Crippen molar-refractivity contribution in [3.63, 3.8) is 0 Å². The average molecular weight is 305 g/mol. The summed E-state index contributed by atoms with van der Waals surface area (Å²) >= 11 is 0. The molecule has 0 fully saturated rings. The van der Waals surface area contributed by atoms with Crippen LogP contribution >= 0.6 is 0 Å². The zero-order valence-corrected chi connectivity index (χ0v) is 13.3. The van der Waals surface area contributed by atoms with E-state index in [-0.39, 0.29) is 5.56 Å². The molecular weight excluding hydrogens is 286 g/mol. The predicted molar refractivity (Wildman–Crippen MR) is 95.0 cm³/mol. The second-order valence-corrected chi connectivity index (χ2v) is 6.28. The number of aromatic amines is 1. The van der Waals surface area contributed by atoms with Gasteiger partial charge in [-0.05, 0) is 42.7 Å². The summed E-state index contributed by atoms with van der Waals surface area (Å²) in [5.41, 5.74) is 5.70. The lowest BCUT2D eigenvalue weighted by Crippen LogP contribution is -2.20. The monoisotopic (exact) mass is 305 g/mol. The predicted octanol–water partition coefficient (Wildman–Crippen LogP) is 3.03. The van der Waals surface area contributed by atoms with Crippen LogP contribution in [-0.2, 0) is 6.42 Å². The van der Waals surface area contributed by atoms with Crippen molar-refractivity contribution in [2.45, 2.75) is 6.42 Å². The van der Waals surface area contributed by atoms with Gasteiger partial charge in [-0.15, -0.1) is 0 Å². The molecule has 23 heavy (non-hydrogen) atoms. The summed E-state index contributed by atoms with van der Waals surface area (Å²) in [6.07, 6.45) is 0.846. The summed E-state index contributed by atoms with van der Waals surface area (Å²) in [5.74, 6) is 0. The van der Waals surface area contributed by atoms with Crippen molar-refractivity contribution in [2.75, 3.05) is 26.1 Å². The first-order valence-electron chi connectivity index (χ1n) is 7.80. The van der Waals surface area contributed by atoms with E-state index in [0.29, 0.717) is 0 Å². The van der Waals surface area contributed by atoms with Gasteiger partial charge in [-0.1, -0.05) is 30.3 Å². The van der Waals surface area contributed by atoms with Gasteiger partial charge in [0.1, 0.15) is 0 Å². The minimum atomic E-state index is -0.0150. The van der Waals surface area contributed by atoms with Crippen molar-refractivity contribution in [1.29, 1.82) is 0 Å². The van der Waals surface area contributed by atoms with Crippen molar-refractivity contribution in [2.24, 2.45) is 0 Å². The molecule has 4 heteroatoms. The van der Waals surface area contributed by atoms with E-state index in [0.717, 1.165) is 40.8 Å². The SMILES string of the molecule is CN(C)CNc1cccc2c1Cc1c-2[nH]c(=O)c2ccccc12. The molecule has 4 rings (SSSR count). The summed E-state index contributed by atoms with van der Waals surface area (Å²) in [6, 6.07) is 14.1. The molecule has 4 nitrogen and oxygen atoms in total. The third-order valence-corrected chi connectivity index (χ3v) is 4.42. The van der Waals surface area contributed by atoms with Crippen molar-refractivity contribution >= 4 is 16.5 Å². The third-order valence-electron chi connectivity index (χ3n) is 4.42. The molecule has 2 N–H and O–H groups in total. The Morgan fingerprint density at radius 1 is 1.04 bits per heavy atom. The van der Waals surface area contributed by atoms with E-state index in [4.69, 9.17) is 0 Å². The summed E-state index contributed by atoms with van der Waals surface area (Å²) in [6.45, 7) is 0.782. The number of rotatable bonds is 3. The van der Waals surface area contributed by atoms with Crippen molar-refractivity contribution in [3.8, 4) is 11.3 Å². The highest BCUT2D eigenvalue weighted by atomic mass is 16.1. The number of hydrogen-bond acceptors (Lipinski definition) is 3. The van der Waals surface area contributed by atoms with Crippen LogP contribution in [0.1, 0.15) is 11.1 Å². The fraction of sp³-hybridized carbons (Fsp3) is 0.211. The Hall–Kier alpha value is -2.59. The van der Waals surface area contributed by atoms with E-state index in [2.05, 4.69) is 27.3 Å². The first kappa shape index (κ1) is 14.0. The fourth-order valence-electron chi connectivity index (χ4n) is 3.35. The van der Waals surface area contributed by atoms with Gasteiger partial charge in [-0.2, -0.15) is 0 Å². The van der Waals surface area contributed by atoms with Crippen LogP contribution in [0.4, 0.5) is 5.69 Å². The first-order chi connectivity index (χ1) is 11.1. The van der Waals surface area contributed by atoms with Crippen LogP contribution < -0.4 is 10.9 Å². The number of fused-ring (bicyclic) bond motifs is 5. The molecular formula is C19H19N3O. The van der Waals surface area contributed by atoms with Crippen LogP contribution in [0, 0.1) is 0 Å². The highest BCUT2D eigenvalue weighted by Crippen LogP contribution is 2.40. The highest BCUT2D eigenvalue weighted by Gasteiger charge is 2.24. The number of H-pyrrole nitrogens is 1. The largest absolute Gasteiger partial charge is 0.372 e. The molecule has 1 aliphatic carbocycles. The topological polar surface area (TPSA) is 48.1 Å². The van der Waals surface area contributed by atoms with E-state index >= 15 is 0 Å². The van der Waals surface area contributed by atoms with E-state index in [1.807, 2.05) is 44.4 Å². The van der Waals surface area contributed by atoms with Crippen LogP contribution in [-0.4, -0.2) is 30.6 Å². The molecule has 116 valence electrons. The Balaban J connectivity index is 1.89. The quantitative estimate of drug-likeness (QED) is 0.572. The molecule has 0 amide bonds. The molecule has 0 saturated carbocycles. The van der Waals surface area contributed by atoms with Gasteiger partial charge in [-0.25, -0.2) is 0 Å². The summed E-state index contributed by atoms with van der Waals surface area (Å²) < 4.78 is 0. The van der Waals surface area contributed by atoms with Crippen LogP contribution in [0.15, 0.2) is 47.3 Å². The van der Waals surface area contributed by atoms with E-state index in [1.165, 1.54) is 11.1 Å². The second kappa shape index (κ2) is 5.25. The second-order valence-electron chi connectivity index (χ2n) is 6.28. The molecule has 1 aromatic heterocycles. The molecule has 0 spiro atoms. The first-order valence-corrected chi connectivity index (χ1v) is 7.80. The number of nitrogens with zero attached hydrogens (tertiary/aromatic N) is 1. The van der Waals surface area contributed by atoms with E-state index < -0.39 is 0 Å². The minimum absolute atomic E-state index is 0.0150. The number of hydrogen-bond donors (Lipinski definition) is 2. The zero-order chi connectivity index (χ0) is 16.0. The number of nitrogens with one attached hydrogen (secondary N) is 2. The van der Waals surface area contributed by atoms with Crippen LogP contribution in [0.3, 0.4) is 0 Å². The maximum absolute atomic E-state index is 12.4. The fourth-order valence-corrected chi connectivity index (χ4v) is 3.35. The van der Waals surface area contributed by atoms with Gasteiger partial charge in [0.2, 0.25) is 0 Å². The molecule has 0 saturated heterocycles. The maximum Gasteiger partial charge on any atom is 0.256 e. The molecule has 0 bridgehead atoms. The highest BCUT2D eigenvalue weighted by molar-refractivity contribution is 5.94. The van der Waals surface area contributed by atoms with Crippen LogP contribution in [0.2, 0.25) is 0 Å². The van der Waals surface area contributed by atoms with Gasteiger partial charge >= 0.3 is 0 Å². The lowest BCUT2D eigenvalue weighted by molar-refractivity contribution is 0.440. The average Bonchev–Trinajstić information content (AvgIpc) is 2.93. The standard InChI is InChI=1S/C19H19N3O/c1-22(2)11-20-17-9-5-8-13-15(17)10-16-12-6-3-4-7-14(12)19(23)21-18(13)16/h3-9,20H,10-11H2,1-2H3,(H,21,23). The summed E-state index contributed by atoms with van der Waals surface area (Å²) in [5, 5.41) is 5.30. The van der Waals surface area contributed by atoms with Gasteiger partial charge in [0.15, 0.2) is 0 Å². The number of benzene rings is 2.